The summed E-state index contributed by atoms with van der Waals surface area (Å²) in [7, 11) is 1.45. The normalized spacial score (nSPS) is 20.7. The third kappa shape index (κ3) is 3.27. The maximum absolute atomic E-state index is 14.0. The second kappa shape index (κ2) is 6.99. The van der Waals surface area contributed by atoms with Crippen LogP contribution in [0.2, 0.25) is 0 Å². The fraction of sp³-hybridized carbons (Fsp3) is 0.600. The average molecular weight is 285 g/mol. The largest absolute Gasteiger partial charge is 0.496 e. The number of nitrogens with zero attached hydrogens (tertiary/aromatic N) is 1. The predicted molar refractivity (Wildman–Crippen MR) is 72.7 cm³/mol. The van der Waals surface area contributed by atoms with E-state index in [0.717, 1.165) is 38.3 Å². The number of hydrogen-bond acceptors (Lipinski definition) is 3. The van der Waals surface area contributed by atoms with Crippen molar-refractivity contribution in [2.24, 2.45) is 0 Å². The van der Waals surface area contributed by atoms with E-state index in [0.29, 0.717) is 5.75 Å². The van der Waals surface area contributed by atoms with Crippen molar-refractivity contribution in [3.05, 3.63) is 29.3 Å². The van der Waals surface area contributed by atoms with Crippen LogP contribution in [0.1, 0.15) is 31.2 Å². The minimum atomic E-state index is -0.865. The first-order valence-corrected chi connectivity index (χ1v) is 7.03. The second-order valence-corrected chi connectivity index (χ2v) is 5.20. The molecule has 1 N–H and O–H groups in total. The van der Waals surface area contributed by atoms with Crippen LogP contribution in [0.15, 0.2) is 12.1 Å². The molecule has 0 bridgehead atoms. The van der Waals surface area contributed by atoms with Crippen molar-refractivity contribution in [1.82, 2.24) is 4.90 Å². The maximum atomic E-state index is 14.0. The summed E-state index contributed by atoms with van der Waals surface area (Å²) in [5.74, 6) is -1.37. The molecule has 0 spiro atoms. The molecule has 0 saturated carbocycles. The zero-order chi connectivity index (χ0) is 14.5. The van der Waals surface area contributed by atoms with Gasteiger partial charge in [0.2, 0.25) is 0 Å². The van der Waals surface area contributed by atoms with Crippen molar-refractivity contribution in [2.45, 2.75) is 38.3 Å². The fourth-order valence-electron chi connectivity index (χ4n) is 2.77. The van der Waals surface area contributed by atoms with E-state index >= 15 is 0 Å². The van der Waals surface area contributed by atoms with Gasteiger partial charge in [-0.05, 0) is 31.5 Å². The van der Waals surface area contributed by atoms with Crippen molar-refractivity contribution in [3.8, 4) is 5.75 Å². The van der Waals surface area contributed by atoms with Gasteiger partial charge in [-0.3, -0.25) is 4.90 Å². The van der Waals surface area contributed by atoms with Gasteiger partial charge in [-0.15, -0.1) is 0 Å². The molecule has 1 heterocycles. The predicted octanol–water partition coefficient (Wildman–Crippen LogP) is 2.71. The molecule has 0 aromatic heterocycles. The van der Waals surface area contributed by atoms with Crippen molar-refractivity contribution in [3.63, 3.8) is 0 Å². The number of rotatable bonds is 4. The summed E-state index contributed by atoms with van der Waals surface area (Å²) in [5.41, 5.74) is 0.229. The van der Waals surface area contributed by atoms with Gasteiger partial charge in [-0.2, -0.15) is 0 Å². The Hall–Kier alpha value is -1.20. The number of benzene rings is 1. The minimum absolute atomic E-state index is 0.00451. The zero-order valence-corrected chi connectivity index (χ0v) is 11.7. The lowest BCUT2D eigenvalue weighted by Gasteiger charge is -2.29. The monoisotopic (exact) mass is 285 g/mol. The highest BCUT2D eigenvalue weighted by atomic mass is 19.2. The number of likely N-dealkylation sites (tertiary alicyclic amines) is 1. The fourth-order valence-corrected chi connectivity index (χ4v) is 2.77. The molecule has 0 radical (unpaired) electrons. The molecule has 2 rings (SSSR count). The molecular weight excluding hydrogens is 264 g/mol. The molecule has 0 aliphatic carbocycles. The van der Waals surface area contributed by atoms with Crippen LogP contribution in [0.25, 0.3) is 0 Å². The van der Waals surface area contributed by atoms with Gasteiger partial charge in [0.05, 0.1) is 13.7 Å². The third-order valence-corrected chi connectivity index (χ3v) is 3.94. The first-order valence-electron chi connectivity index (χ1n) is 7.03. The highest BCUT2D eigenvalue weighted by Crippen LogP contribution is 2.27. The molecular formula is C15H21F2NO2. The van der Waals surface area contributed by atoms with Gasteiger partial charge in [0, 0.05) is 18.2 Å². The molecule has 20 heavy (non-hydrogen) atoms. The maximum Gasteiger partial charge on any atom is 0.167 e. The highest BCUT2D eigenvalue weighted by molar-refractivity contribution is 5.35. The summed E-state index contributed by atoms with van der Waals surface area (Å²) in [4.78, 5) is 2.02. The molecule has 1 aromatic carbocycles. The topological polar surface area (TPSA) is 32.7 Å². The van der Waals surface area contributed by atoms with E-state index in [1.54, 1.807) is 0 Å². The van der Waals surface area contributed by atoms with Crippen LogP contribution in [-0.2, 0) is 6.54 Å². The minimum Gasteiger partial charge on any atom is -0.496 e. The van der Waals surface area contributed by atoms with Crippen LogP contribution in [0.4, 0.5) is 8.78 Å². The first-order chi connectivity index (χ1) is 9.67. The molecule has 3 nitrogen and oxygen atoms in total. The summed E-state index contributed by atoms with van der Waals surface area (Å²) >= 11 is 0. The van der Waals surface area contributed by atoms with E-state index in [9.17, 15) is 13.9 Å². The van der Waals surface area contributed by atoms with E-state index in [4.69, 9.17) is 4.74 Å². The van der Waals surface area contributed by atoms with Crippen LogP contribution in [-0.4, -0.2) is 36.3 Å². The van der Waals surface area contributed by atoms with Gasteiger partial charge < -0.3 is 9.84 Å². The summed E-state index contributed by atoms with van der Waals surface area (Å²) < 4.78 is 32.5. The molecule has 0 amide bonds. The summed E-state index contributed by atoms with van der Waals surface area (Å²) in [6.45, 7) is 1.08. The molecule has 1 aliphatic rings. The Morgan fingerprint density at radius 3 is 2.80 bits per heavy atom. The molecule has 1 fully saturated rings. The molecule has 1 atom stereocenters. The Labute approximate surface area is 118 Å². The van der Waals surface area contributed by atoms with Crippen LogP contribution in [0.3, 0.4) is 0 Å². The number of aliphatic hydroxyl groups is 1. The summed E-state index contributed by atoms with van der Waals surface area (Å²) in [6.07, 6.45) is 4.06. The lowest BCUT2D eigenvalue weighted by Crippen LogP contribution is -2.37. The smallest absolute Gasteiger partial charge is 0.167 e. The highest BCUT2D eigenvalue weighted by Gasteiger charge is 2.24. The van der Waals surface area contributed by atoms with Crippen LogP contribution in [0.5, 0.6) is 5.75 Å². The molecule has 5 heteroatoms. The Balaban J connectivity index is 2.25. The Kier molecular flexibility index (Phi) is 5.31. The van der Waals surface area contributed by atoms with Crippen LogP contribution in [0, 0.1) is 11.6 Å². The summed E-state index contributed by atoms with van der Waals surface area (Å²) in [6, 6.07) is 2.52. The molecule has 1 unspecified atom stereocenters. The van der Waals surface area contributed by atoms with Gasteiger partial charge in [0.1, 0.15) is 5.75 Å². The number of methoxy groups -OCH3 is 1. The SMILES string of the molecule is COc1ccc(F)c(F)c1CN1CCCCCC1CO. The van der Waals surface area contributed by atoms with E-state index in [1.165, 1.54) is 13.2 Å². The number of halogens is 2. The van der Waals surface area contributed by atoms with Gasteiger partial charge in [-0.25, -0.2) is 8.78 Å². The van der Waals surface area contributed by atoms with Gasteiger partial charge in [0.15, 0.2) is 11.6 Å². The lowest BCUT2D eigenvalue weighted by molar-refractivity contribution is 0.116. The van der Waals surface area contributed by atoms with Crippen molar-refractivity contribution in [2.75, 3.05) is 20.3 Å². The Bertz CT molecular complexity index is 454. The van der Waals surface area contributed by atoms with Crippen molar-refractivity contribution >= 4 is 0 Å². The quantitative estimate of drug-likeness (QED) is 0.923. The summed E-state index contributed by atoms with van der Waals surface area (Å²) in [5, 5.41) is 9.47. The Morgan fingerprint density at radius 1 is 1.30 bits per heavy atom. The van der Waals surface area contributed by atoms with E-state index in [2.05, 4.69) is 0 Å². The lowest BCUT2D eigenvalue weighted by atomic mass is 10.1. The van der Waals surface area contributed by atoms with E-state index < -0.39 is 11.6 Å². The van der Waals surface area contributed by atoms with E-state index in [-0.39, 0.29) is 24.8 Å². The zero-order valence-electron chi connectivity index (χ0n) is 11.7. The van der Waals surface area contributed by atoms with Gasteiger partial charge in [0.25, 0.3) is 0 Å². The van der Waals surface area contributed by atoms with Crippen LogP contribution < -0.4 is 4.74 Å². The number of aliphatic hydroxyl groups excluding tert-OH is 1. The standard InChI is InChI=1S/C15H21F2NO2/c1-20-14-7-6-13(16)15(17)12(14)9-18-8-4-2-3-5-11(18)10-19/h6-7,11,19H,2-5,8-10H2,1H3. The van der Waals surface area contributed by atoms with Gasteiger partial charge in [-0.1, -0.05) is 12.8 Å². The molecule has 112 valence electrons. The number of ether oxygens (including phenoxy) is 1. The van der Waals surface area contributed by atoms with Crippen molar-refractivity contribution < 1.29 is 18.6 Å². The second-order valence-electron chi connectivity index (χ2n) is 5.20. The third-order valence-electron chi connectivity index (χ3n) is 3.94. The molecule has 1 aromatic rings. The molecule has 1 aliphatic heterocycles. The van der Waals surface area contributed by atoms with Crippen LogP contribution >= 0.6 is 0 Å². The van der Waals surface area contributed by atoms with E-state index in [1.807, 2.05) is 4.90 Å². The average Bonchev–Trinajstić information content (AvgIpc) is 2.69. The number of hydrogen-bond donors (Lipinski definition) is 1. The van der Waals surface area contributed by atoms with Gasteiger partial charge >= 0.3 is 0 Å². The first kappa shape index (κ1) is 15.2. The Morgan fingerprint density at radius 2 is 2.10 bits per heavy atom. The van der Waals surface area contributed by atoms with Crippen molar-refractivity contribution in [1.29, 1.82) is 0 Å². The molecule has 1 saturated heterocycles.